The second-order valence-corrected chi connectivity index (χ2v) is 8.49. The van der Waals surface area contributed by atoms with Gasteiger partial charge in [0.25, 0.3) is 0 Å². The topological polar surface area (TPSA) is 52.1 Å². The molecule has 2 aliphatic rings. The zero-order valence-corrected chi connectivity index (χ0v) is 18.8. The molecular weight excluding hydrogens is 405 g/mol. The Hall–Kier alpha value is -2.64. The highest BCUT2D eigenvalue weighted by molar-refractivity contribution is 5.79. The first kappa shape index (κ1) is 22.6. The first-order chi connectivity index (χ1) is 15.7. The molecule has 2 N–H and O–H groups in total. The third-order valence-corrected chi connectivity index (χ3v) is 6.39. The summed E-state index contributed by atoms with van der Waals surface area (Å²) in [6.45, 7) is 6.93. The standard InChI is InChI=1S/C25H34FN5O/c1-27-25(28-17-20-11-12-31(19-20)23-5-3-2-4-6-23)29-18-24(30-13-15-32-16-14-30)21-7-9-22(26)10-8-21/h2-10,20,24H,11-19H2,1H3,(H2,27,28,29). The van der Waals surface area contributed by atoms with Crippen molar-refractivity contribution in [3.05, 3.63) is 66.0 Å². The SMILES string of the molecule is CN=C(NCC1CCN(c2ccccc2)C1)NCC(c1ccc(F)cc1)N1CCOCC1. The van der Waals surface area contributed by atoms with Crippen LogP contribution in [0.3, 0.4) is 0 Å². The van der Waals surface area contributed by atoms with E-state index in [2.05, 4.69) is 55.8 Å². The number of rotatable bonds is 7. The molecule has 2 aromatic carbocycles. The molecule has 0 bridgehead atoms. The van der Waals surface area contributed by atoms with Crippen LogP contribution in [-0.2, 0) is 4.74 Å². The van der Waals surface area contributed by atoms with E-state index in [1.807, 2.05) is 19.2 Å². The van der Waals surface area contributed by atoms with Crippen LogP contribution in [-0.4, -0.2) is 70.4 Å². The summed E-state index contributed by atoms with van der Waals surface area (Å²) in [5, 5.41) is 7.01. The predicted molar refractivity (Wildman–Crippen MR) is 128 cm³/mol. The minimum Gasteiger partial charge on any atom is -0.379 e. The number of ether oxygens (including phenoxy) is 1. The number of benzene rings is 2. The van der Waals surface area contributed by atoms with Crippen LogP contribution in [0.4, 0.5) is 10.1 Å². The van der Waals surface area contributed by atoms with E-state index >= 15 is 0 Å². The Bertz CT molecular complexity index is 854. The molecule has 2 saturated heterocycles. The molecule has 2 unspecified atom stereocenters. The molecule has 0 radical (unpaired) electrons. The molecule has 0 aliphatic carbocycles. The van der Waals surface area contributed by atoms with Crippen LogP contribution in [0.2, 0.25) is 0 Å². The van der Waals surface area contributed by atoms with Crippen molar-refractivity contribution in [2.45, 2.75) is 12.5 Å². The minimum absolute atomic E-state index is 0.137. The van der Waals surface area contributed by atoms with Crippen molar-refractivity contribution < 1.29 is 9.13 Å². The van der Waals surface area contributed by atoms with E-state index in [0.717, 1.165) is 57.5 Å². The van der Waals surface area contributed by atoms with Gasteiger partial charge in [-0.25, -0.2) is 4.39 Å². The molecule has 2 heterocycles. The number of guanidine groups is 1. The summed E-state index contributed by atoms with van der Waals surface area (Å²) in [6.07, 6.45) is 1.17. The lowest BCUT2D eigenvalue weighted by molar-refractivity contribution is 0.0170. The number of nitrogens with zero attached hydrogens (tertiary/aromatic N) is 3. The van der Waals surface area contributed by atoms with Gasteiger partial charge in [0, 0.05) is 52.0 Å². The fourth-order valence-corrected chi connectivity index (χ4v) is 4.56. The second-order valence-electron chi connectivity index (χ2n) is 8.49. The molecule has 4 rings (SSSR count). The maximum atomic E-state index is 13.5. The molecule has 0 amide bonds. The van der Waals surface area contributed by atoms with Gasteiger partial charge in [-0.05, 0) is 42.2 Å². The van der Waals surface area contributed by atoms with Crippen LogP contribution in [0.1, 0.15) is 18.0 Å². The lowest BCUT2D eigenvalue weighted by Crippen LogP contribution is -2.47. The number of nitrogens with one attached hydrogen (secondary N) is 2. The lowest BCUT2D eigenvalue weighted by Gasteiger charge is -2.35. The van der Waals surface area contributed by atoms with Crippen LogP contribution < -0.4 is 15.5 Å². The first-order valence-corrected chi connectivity index (χ1v) is 11.5. The van der Waals surface area contributed by atoms with E-state index in [-0.39, 0.29) is 11.9 Å². The third kappa shape index (κ3) is 5.99. The maximum Gasteiger partial charge on any atom is 0.191 e. The van der Waals surface area contributed by atoms with Gasteiger partial charge >= 0.3 is 0 Å². The highest BCUT2D eigenvalue weighted by Crippen LogP contribution is 2.23. The van der Waals surface area contributed by atoms with Gasteiger partial charge in [-0.3, -0.25) is 9.89 Å². The summed E-state index contributed by atoms with van der Waals surface area (Å²) in [4.78, 5) is 9.27. The Labute approximate surface area is 190 Å². The van der Waals surface area contributed by atoms with Gasteiger partial charge < -0.3 is 20.3 Å². The van der Waals surface area contributed by atoms with Gasteiger partial charge in [-0.15, -0.1) is 0 Å². The highest BCUT2D eigenvalue weighted by atomic mass is 19.1. The van der Waals surface area contributed by atoms with Crippen molar-refractivity contribution in [3.8, 4) is 0 Å². The molecule has 2 fully saturated rings. The van der Waals surface area contributed by atoms with Crippen LogP contribution in [0.25, 0.3) is 0 Å². The molecule has 7 heteroatoms. The average Bonchev–Trinajstić information content (AvgIpc) is 3.32. The van der Waals surface area contributed by atoms with Crippen LogP contribution >= 0.6 is 0 Å². The van der Waals surface area contributed by atoms with E-state index in [1.54, 1.807) is 0 Å². The summed E-state index contributed by atoms with van der Waals surface area (Å²) in [6, 6.07) is 17.6. The van der Waals surface area contributed by atoms with Crippen molar-refractivity contribution in [2.24, 2.45) is 10.9 Å². The molecule has 172 valence electrons. The van der Waals surface area contributed by atoms with E-state index < -0.39 is 0 Å². The molecular formula is C25H34FN5O. The van der Waals surface area contributed by atoms with Crippen molar-refractivity contribution >= 4 is 11.6 Å². The number of anilines is 1. The average molecular weight is 440 g/mol. The number of aliphatic imine (C=N–C) groups is 1. The maximum absolute atomic E-state index is 13.5. The fourth-order valence-electron chi connectivity index (χ4n) is 4.56. The lowest BCUT2D eigenvalue weighted by atomic mass is 10.0. The van der Waals surface area contributed by atoms with Gasteiger partial charge in [0.2, 0.25) is 0 Å². The summed E-state index contributed by atoms with van der Waals surface area (Å²) in [7, 11) is 1.81. The van der Waals surface area contributed by atoms with Gasteiger partial charge in [-0.2, -0.15) is 0 Å². The van der Waals surface area contributed by atoms with Crippen molar-refractivity contribution in [3.63, 3.8) is 0 Å². The molecule has 2 aliphatic heterocycles. The number of hydrogen-bond acceptors (Lipinski definition) is 4. The summed E-state index contributed by atoms with van der Waals surface area (Å²) < 4.78 is 19.0. The molecule has 2 atom stereocenters. The van der Waals surface area contributed by atoms with E-state index in [9.17, 15) is 4.39 Å². The summed E-state index contributed by atoms with van der Waals surface area (Å²) >= 11 is 0. The van der Waals surface area contributed by atoms with Crippen LogP contribution in [0.15, 0.2) is 59.6 Å². The Morgan fingerprint density at radius 3 is 2.53 bits per heavy atom. The van der Waals surface area contributed by atoms with Crippen LogP contribution in [0, 0.1) is 11.7 Å². The number of hydrogen-bond donors (Lipinski definition) is 2. The Morgan fingerprint density at radius 2 is 1.81 bits per heavy atom. The van der Waals surface area contributed by atoms with Gasteiger partial charge in [0.1, 0.15) is 5.82 Å². The van der Waals surface area contributed by atoms with Crippen molar-refractivity contribution in [2.75, 3.05) is 64.4 Å². The zero-order valence-electron chi connectivity index (χ0n) is 18.8. The van der Waals surface area contributed by atoms with E-state index in [0.29, 0.717) is 12.5 Å². The Balaban J connectivity index is 1.30. The van der Waals surface area contributed by atoms with E-state index in [1.165, 1.54) is 24.2 Å². The van der Waals surface area contributed by atoms with Gasteiger partial charge in [-0.1, -0.05) is 30.3 Å². The quantitative estimate of drug-likeness (QED) is 0.513. The van der Waals surface area contributed by atoms with Crippen molar-refractivity contribution in [1.29, 1.82) is 0 Å². The first-order valence-electron chi connectivity index (χ1n) is 11.5. The van der Waals surface area contributed by atoms with Gasteiger partial charge in [0.05, 0.1) is 19.3 Å². The van der Waals surface area contributed by atoms with Crippen molar-refractivity contribution in [1.82, 2.24) is 15.5 Å². The van der Waals surface area contributed by atoms with E-state index in [4.69, 9.17) is 4.74 Å². The molecule has 0 saturated carbocycles. The monoisotopic (exact) mass is 439 g/mol. The van der Waals surface area contributed by atoms with Gasteiger partial charge in [0.15, 0.2) is 5.96 Å². The number of morpholine rings is 1. The smallest absolute Gasteiger partial charge is 0.191 e. The molecule has 0 spiro atoms. The van der Waals surface area contributed by atoms with Crippen LogP contribution in [0.5, 0.6) is 0 Å². The molecule has 32 heavy (non-hydrogen) atoms. The molecule has 2 aromatic rings. The highest BCUT2D eigenvalue weighted by Gasteiger charge is 2.24. The Morgan fingerprint density at radius 1 is 1.06 bits per heavy atom. The second kappa shape index (κ2) is 11.3. The fraction of sp³-hybridized carbons (Fsp3) is 0.480. The largest absolute Gasteiger partial charge is 0.379 e. The third-order valence-electron chi connectivity index (χ3n) is 6.39. The Kier molecular flexibility index (Phi) is 7.96. The zero-order chi connectivity index (χ0) is 22.2. The summed E-state index contributed by atoms with van der Waals surface area (Å²) in [5.74, 6) is 1.19. The normalized spacial score (nSPS) is 20.9. The number of para-hydroxylation sites is 1. The summed E-state index contributed by atoms with van der Waals surface area (Å²) in [5.41, 5.74) is 2.40. The number of halogens is 1. The minimum atomic E-state index is -0.207. The molecule has 6 nitrogen and oxygen atoms in total. The molecule has 0 aromatic heterocycles. The predicted octanol–water partition coefficient (Wildman–Crippen LogP) is 2.89.